The molecule has 11 nitrogen and oxygen atoms in total. The first-order valence-electron chi connectivity index (χ1n) is 8.84. The molecule has 8 N–H and O–H groups in total. The lowest BCUT2D eigenvalue weighted by molar-refractivity contribution is -0.153. The minimum Gasteiger partial charge on any atom is -0.480 e. The van der Waals surface area contributed by atoms with Gasteiger partial charge >= 0.3 is 17.9 Å². The van der Waals surface area contributed by atoms with E-state index in [4.69, 9.17) is 10.8 Å². The molecule has 1 heterocycles. The largest absolute Gasteiger partial charge is 0.480 e. The Hall–Kier alpha value is -3.02. The van der Waals surface area contributed by atoms with Crippen molar-refractivity contribution in [1.82, 2.24) is 10.6 Å². The fraction of sp³-hybridized carbons (Fsp3) is 0.444. The highest BCUT2D eigenvalue weighted by molar-refractivity contribution is 5.96. The second kappa shape index (κ2) is 8.99. The Kier molecular flexibility index (Phi) is 6.90. The lowest BCUT2D eigenvalue weighted by atomic mass is 9.86. The molecule has 1 aromatic carbocycles. The van der Waals surface area contributed by atoms with Crippen molar-refractivity contribution < 1.29 is 39.6 Å². The van der Waals surface area contributed by atoms with Gasteiger partial charge in [0.05, 0.1) is 0 Å². The quantitative estimate of drug-likeness (QED) is 0.255. The van der Waals surface area contributed by atoms with Crippen LogP contribution in [0.5, 0.6) is 0 Å². The first-order valence-corrected chi connectivity index (χ1v) is 8.84. The second-order valence-electron chi connectivity index (χ2n) is 6.93. The van der Waals surface area contributed by atoms with Crippen LogP contribution in [0.25, 0.3) is 0 Å². The van der Waals surface area contributed by atoms with Gasteiger partial charge in [0.25, 0.3) is 5.91 Å². The van der Waals surface area contributed by atoms with E-state index in [2.05, 4.69) is 10.6 Å². The van der Waals surface area contributed by atoms with Gasteiger partial charge in [-0.1, -0.05) is 18.2 Å². The number of nitrogens with two attached hydrogens (primary N) is 1. The molecule has 0 aromatic heterocycles. The van der Waals surface area contributed by atoms with E-state index < -0.39 is 53.6 Å². The number of carboxylic acids is 3. The van der Waals surface area contributed by atoms with Crippen molar-refractivity contribution in [3.63, 3.8) is 0 Å². The van der Waals surface area contributed by atoms with E-state index in [0.29, 0.717) is 0 Å². The molecule has 1 amide bonds. The number of hydrogen-bond donors (Lipinski definition) is 7. The summed E-state index contributed by atoms with van der Waals surface area (Å²) in [7, 11) is 0. The highest BCUT2D eigenvalue weighted by Crippen LogP contribution is 2.30. The van der Waals surface area contributed by atoms with Crippen LogP contribution in [0.1, 0.15) is 29.6 Å². The monoisotopic (exact) mass is 409 g/mol. The van der Waals surface area contributed by atoms with Gasteiger partial charge in [0.15, 0.2) is 0 Å². The van der Waals surface area contributed by atoms with Gasteiger partial charge in [-0.15, -0.1) is 0 Å². The summed E-state index contributed by atoms with van der Waals surface area (Å²) in [5.41, 5.74) is 3.62. The lowest BCUT2D eigenvalue weighted by Gasteiger charge is -2.33. The Labute approximate surface area is 165 Å². The highest BCUT2D eigenvalue weighted by Gasteiger charge is 2.54. The normalized spacial score (nSPS) is 24.3. The molecule has 1 aliphatic rings. The fourth-order valence-electron chi connectivity index (χ4n) is 3.39. The minimum atomic E-state index is -2.03. The molecule has 1 fully saturated rings. The van der Waals surface area contributed by atoms with E-state index in [1.54, 1.807) is 18.2 Å². The number of amides is 1. The van der Waals surface area contributed by atoms with E-state index >= 15 is 0 Å². The molecule has 0 saturated carbocycles. The Morgan fingerprint density at radius 1 is 1.14 bits per heavy atom. The number of aliphatic carboxylic acids is 3. The highest BCUT2D eigenvalue weighted by atomic mass is 16.4. The predicted octanol–water partition coefficient (Wildman–Crippen LogP) is -1.39. The topological polar surface area (TPSA) is 199 Å². The predicted molar refractivity (Wildman–Crippen MR) is 98.1 cm³/mol. The Bertz CT molecular complexity index is 787. The Balaban J connectivity index is 2.11. The van der Waals surface area contributed by atoms with Crippen LogP contribution in [0.3, 0.4) is 0 Å². The summed E-state index contributed by atoms with van der Waals surface area (Å²) in [5, 5.41) is 43.2. The van der Waals surface area contributed by atoms with Gasteiger partial charge in [-0.2, -0.15) is 0 Å². The molecule has 0 radical (unpaired) electrons. The maximum Gasteiger partial charge on any atom is 0.326 e. The molecule has 1 aromatic rings. The van der Waals surface area contributed by atoms with Gasteiger partial charge in [-0.3, -0.25) is 19.7 Å². The van der Waals surface area contributed by atoms with Crippen LogP contribution in [0, 0.1) is 0 Å². The Morgan fingerprint density at radius 3 is 2.28 bits per heavy atom. The van der Waals surface area contributed by atoms with E-state index in [1.807, 2.05) is 0 Å². The summed E-state index contributed by atoms with van der Waals surface area (Å²) >= 11 is 0. The van der Waals surface area contributed by atoms with Crippen molar-refractivity contribution in [3.8, 4) is 0 Å². The molecule has 29 heavy (non-hydrogen) atoms. The summed E-state index contributed by atoms with van der Waals surface area (Å²) in [6.07, 6.45) is -2.13. The summed E-state index contributed by atoms with van der Waals surface area (Å²) in [6.45, 7) is 0. The van der Waals surface area contributed by atoms with Crippen LogP contribution in [-0.2, 0) is 14.4 Å². The minimum absolute atomic E-state index is 0.140. The van der Waals surface area contributed by atoms with Gasteiger partial charge in [0.2, 0.25) is 0 Å². The first-order chi connectivity index (χ1) is 13.6. The molecule has 1 aliphatic heterocycles. The van der Waals surface area contributed by atoms with E-state index in [1.165, 1.54) is 12.1 Å². The first kappa shape index (κ1) is 22.3. The van der Waals surface area contributed by atoms with E-state index in [-0.39, 0.29) is 24.8 Å². The van der Waals surface area contributed by atoms with Crippen molar-refractivity contribution in [2.45, 2.75) is 49.0 Å². The maximum absolute atomic E-state index is 12.2. The smallest absolute Gasteiger partial charge is 0.326 e. The average Bonchev–Trinajstić information content (AvgIpc) is 3.12. The van der Waals surface area contributed by atoms with E-state index in [9.17, 15) is 34.5 Å². The summed E-state index contributed by atoms with van der Waals surface area (Å²) in [4.78, 5) is 46.6. The number of hydrogen-bond acceptors (Lipinski definition) is 7. The number of carbonyl (C=O) groups is 4. The van der Waals surface area contributed by atoms with Crippen LogP contribution in [0.4, 0.5) is 0 Å². The molecule has 11 heteroatoms. The molecule has 5 atom stereocenters. The molecule has 0 spiro atoms. The molecule has 0 bridgehead atoms. The lowest BCUT2D eigenvalue weighted by Crippen LogP contribution is -2.65. The SMILES string of the molecule is N[C@@H](C(=O)O)[C@H](O)[C@@]1(C(=O)O)CC[C@H](C[C@H](NC(=O)c2ccccc2)C(=O)O)N1. The number of carboxylic acid groups (broad SMARTS) is 3. The summed E-state index contributed by atoms with van der Waals surface area (Å²) in [6, 6.07) is 4.10. The molecule has 158 valence electrons. The fourth-order valence-corrected chi connectivity index (χ4v) is 3.39. The summed E-state index contributed by atoms with van der Waals surface area (Å²) in [5.74, 6) is -4.98. The van der Waals surface area contributed by atoms with Gasteiger partial charge in [-0.05, 0) is 31.4 Å². The molecule has 0 unspecified atom stereocenters. The second-order valence-corrected chi connectivity index (χ2v) is 6.93. The standard InChI is InChI=1S/C18H23N3O8/c19-12(16(26)27)13(22)18(17(28)29)7-6-10(21-18)8-11(15(24)25)20-14(23)9-4-2-1-3-5-9/h1-5,10-13,21-22H,6-8,19H2,(H,20,23)(H,24,25)(H,26,27)(H,28,29)/t10-,11+,12-,13+,18-/m1/s1. The molecule has 1 saturated heterocycles. The average molecular weight is 409 g/mol. The third-order valence-electron chi connectivity index (χ3n) is 5.02. The zero-order valence-electron chi connectivity index (χ0n) is 15.3. The maximum atomic E-state index is 12.2. The molecule has 2 rings (SSSR count). The van der Waals surface area contributed by atoms with Crippen molar-refractivity contribution >= 4 is 23.8 Å². The van der Waals surface area contributed by atoms with Crippen molar-refractivity contribution in [1.29, 1.82) is 0 Å². The van der Waals surface area contributed by atoms with Gasteiger partial charge in [0.1, 0.15) is 23.7 Å². The molecular formula is C18H23N3O8. The zero-order chi connectivity index (χ0) is 21.8. The van der Waals surface area contributed by atoms with Crippen molar-refractivity contribution in [3.05, 3.63) is 35.9 Å². The number of aliphatic hydroxyl groups excluding tert-OH is 1. The number of carbonyl (C=O) groups excluding carboxylic acids is 1. The van der Waals surface area contributed by atoms with Crippen LogP contribution in [0.15, 0.2) is 30.3 Å². The number of benzene rings is 1. The van der Waals surface area contributed by atoms with Crippen LogP contribution >= 0.6 is 0 Å². The number of nitrogens with one attached hydrogen (secondary N) is 2. The molecule has 0 aliphatic carbocycles. The van der Waals surface area contributed by atoms with Gasteiger partial charge in [-0.25, -0.2) is 4.79 Å². The van der Waals surface area contributed by atoms with Crippen LogP contribution in [-0.4, -0.2) is 74.0 Å². The number of rotatable bonds is 9. The van der Waals surface area contributed by atoms with Crippen molar-refractivity contribution in [2.75, 3.05) is 0 Å². The van der Waals surface area contributed by atoms with Crippen LogP contribution in [0.2, 0.25) is 0 Å². The summed E-state index contributed by atoms with van der Waals surface area (Å²) < 4.78 is 0. The van der Waals surface area contributed by atoms with Gasteiger partial charge < -0.3 is 31.5 Å². The van der Waals surface area contributed by atoms with Crippen LogP contribution < -0.4 is 16.4 Å². The third-order valence-corrected chi connectivity index (χ3v) is 5.02. The molecular weight excluding hydrogens is 386 g/mol. The third kappa shape index (κ3) is 4.88. The van der Waals surface area contributed by atoms with E-state index in [0.717, 1.165) is 0 Å². The number of aliphatic hydroxyl groups is 1. The van der Waals surface area contributed by atoms with Crippen molar-refractivity contribution in [2.24, 2.45) is 5.73 Å². The zero-order valence-corrected chi connectivity index (χ0v) is 15.3. The Morgan fingerprint density at radius 2 is 1.76 bits per heavy atom. The van der Waals surface area contributed by atoms with Gasteiger partial charge in [0, 0.05) is 11.6 Å².